The number of carboxylic acid groups (broad SMARTS) is 2. The van der Waals surface area contributed by atoms with Gasteiger partial charge in [-0.05, 0) is 0 Å². The van der Waals surface area contributed by atoms with Crippen molar-refractivity contribution in [2.45, 2.75) is 24.4 Å². The van der Waals surface area contributed by atoms with Gasteiger partial charge in [-0.25, -0.2) is 19.2 Å². The van der Waals surface area contributed by atoms with E-state index in [1.165, 1.54) is 0 Å². The van der Waals surface area contributed by atoms with Gasteiger partial charge in [0.25, 0.3) is 0 Å². The van der Waals surface area contributed by atoms with Crippen molar-refractivity contribution in [1.82, 2.24) is 0 Å². The molecule has 2 aliphatic rings. The largest absolute Gasteiger partial charge is 0.478 e. The number of fused-ring (bicyclic) bond motifs is 1. The molecule has 2 fully saturated rings. The molecule has 0 bridgehead atoms. The highest BCUT2D eigenvalue weighted by molar-refractivity contribution is 5.91. The van der Waals surface area contributed by atoms with Crippen LogP contribution in [0.1, 0.15) is 0 Å². The number of aliphatic carboxylic acids is 2. The van der Waals surface area contributed by atoms with Crippen LogP contribution in [0.5, 0.6) is 0 Å². The van der Waals surface area contributed by atoms with E-state index in [1.807, 2.05) is 0 Å². The minimum atomic E-state index is -1.29. The summed E-state index contributed by atoms with van der Waals surface area (Å²) in [5, 5.41) is 16.9. The molecule has 0 aromatic carbocycles. The highest BCUT2D eigenvalue weighted by Crippen LogP contribution is 2.30. The lowest BCUT2D eigenvalue weighted by atomic mass is 10.1. The lowest BCUT2D eigenvalue weighted by Crippen LogP contribution is -2.35. The van der Waals surface area contributed by atoms with E-state index in [-0.39, 0.29) is 13.2 Å². The summed E-state index contributed by atoms with van der Waals surface area (Å²) in [6.07, 6.45) is -0.0348. The maximum Gasteiger partial charge on any atom is 0.331 e. The number of carbonyl (C=O) groups is 4. The zero-order valence-corrected chi connectivity index (χ0v) is 12.2. The van der Waals surface area contributed by atoms with Crippen LogP contribution >= 0.6 is 0 Å². The predicted molar refractivity (Wildman–Crippen MR) is 72.8 cm³/mol. The van der Waals surface area contributed by atoms with Crippen molar-refractivity contribution < 1.29 is 48.3 Å². The fourth-order valence-corrected chi connectivity index (χ4v) is 2.29. The molecule has 130 valence electrons. The SMILES string of the molecule is O=C(O)/C=C/C(=O)O[C@@H]1CO[C@H]2[C@@H]1OC[C@H]2OC(=O)/C=C/C(=O)O. The van der Waals surface area contributed by atoms with Gasteiger partial charge in [0.15, 0.2) is 12.2 Å². The summed E-state index contributed by atoms with van der Waals surface area (Å²) in [5.74, 6) is -4.29. The molecule has 4 atom stereocenters. The highest BCUT2D eigenvalue weighted by Gasteiger charge is 2.50. The van der Waals surface area contributed by atoms with E-state index in [1.54, 1.807) is 0 Å². The molecule has 0 radical (unpaired) electrons. The van der Waals surface area contributed by atoms with Crippen LogP contribution in [0.3, 0.4) is 0 Å². The van der Waals surface area contributed by atoms with E-state index in [4.69, 9.17) is 29.2 Å². The molecule has 2 rings (SSSR count). The Kier molecular flexibility index (Phi) is 5.66. The first-order valence-electron chi connectivity index (χ1n) is 6.83. The topological polar surface area (TPSA) is 146 Å². The van der Waals surface area contributed by atoms with Crippen molar-refractivity contribution in [3.63, 3.8) is 0 Å². The van der Waals surface area contributed by atoms with E-state index in [9.17, 15) is 19.2 Å². The quantitative estimate of drug-likeness (QED) is 0.450. The fourth-order valence-electron chi connectivity index (χ4n) is 2.29. The maximum absolute atomic E-state index is 11.5. The minimum Gasteiger partial charge on any atom is -0.478 e. The normalized spacial score (nSPS) is 28.8. The molecule has 0 aromatic rings. The van der Waals surface area contributed by atoms with E-state index < -0.39 is 48.3 Å². The van der Waals surface area contributed by atoms with Gasteiger partial charge in [0.1, 0.15) is 12.2 Å². The lowest BCUT2D eigenvalue weighted by Gasteiger charge is -2.16. The first kappa shape index (κ1) is 17.6. The van der Waals surface area contributed by atoms with Crippen LogP contribution in [0.2, 0.25) is 0 Å². The molecular formula is C14H14O10. The first-order valence-corrected chi connectivity index (χ1v) is 6.83. The summed E-state index contributed by atoms with van der Waals surface area (Å²) in [6.45, 7) is 0.00199. The molecule has 2 N–H and O–H groups in total. The fraction of sp³-hybridized carbons (Fsp3) is 0.429. The van der Waals surface area contributed by atoms with E-state index >= 15 is 0 Å². The molecule has 2 aliphatic heterocycles. The van der Waals surface area contributed by atoms with Gasteiger partial charge in [0, 0.05) is 24.3 Å². The molecule has 0 unspecified atom stereocenters. The van der Waals surface area contributed by atoms with Gasteiger partial charge in [0.05, 0.1) is 13.2 Å². The Morgan fingerprint density at radius 2 is 1.12 bits per heavy atom. The third kappa shape index (κ3) is 4.64. The van der Waals surface area contributed by atoms with Crippen LogP contribution < -0.4 is 0 Å². The van der Waals surface area contributed by atoms with E-state index in [0.717, 1.165) is 12.2 Å². The number of carbonyl (C=O) groups excluding carboxylic acids is 2. The van der Waals surface area contributed by atoms with Crippen LogP contribution in [0, 0.1) is 0 Å². The summed E-state index contributed by atoms with van der Waals surface area (Å²) >= 11 is 0. The van der Waals surface area contributed by atoms with Gasteiger partial charge in [0.2, 0.25) is 0 Å². The number of esters is 2. The van der Waals surface area contributed by atoms with Gasteiger partial charge in [-0.2, -0.15) is 0 Å². The predicted octanol–water partition coefficient (Wildman–Crippen LogP) is -1.11. The molecule has 2 saturated heterocycles. The minimum absolute atomic E-state index is 0.000993. The first-order chi connectivity index (χ1) is 11.4. The number of carboxylic acids is 2. The molecule has 10 heteroatoms. The van der Waals surface area contributed by atoms with Crippen LogP contribution in [0.4, 0.5) is 0 Å². The summed E-state index contributed by atoms with van der Waals surface area (Å²) in [4.78, 5) is 43.6. The summed E-state index contributed by atoms with van der Waals surface area (Å²) in [5.41, 5.74) is 0. The Balaban J connectivity index is 1.87. The van der Waals surface area contributed by atoms with Crippen molar-refractivity contribution >= 4 is 23.9 Å². The summed E-state index contributed by atoms with van der Waals surface area (Å²) in [6, 6.07) is 0. The molecule has 0 spiro atoms. The zero-order chi connectivity index (χ0) is 17.7. The Labute approximate surface area is 135 Å². The average molecular weight is 342 g/mol. The number of rotatable bonds is 6. The summed E-state index contributed by atoms with van der Waals surface area (Å²) < 4.78 is 20.9. The second kappa shape index (κ2) is 7.70. The van der Waals surface area contributed by atoms with Crippen molar-refractivity contribution in [2.75, 3.05) is 13.2 Å². The Bertz CT molecular complexity index is 540. The van der Waals surface area contributed by atoms with Crippen molar-refractivity contribution in [2.24, 2.45) is 0 Å². The lowest BCUT2D eigenvalue weighted by molar-refractivity contribution is -0.149. The number of hydrogen-bond donors (Lipinski definition) is 2. The van der Waals surface area contributed by atoms with Crippen LogP contribution in [-0.4, -0.2) is 71.7 Å². The van der Waals surface area contributed by atoms with Gasteiger partial charge < -0.3 is 29.2 Å². The maximum atomic E-state index is 11.5. The van der Waals surface area contributed by atoms with Crippen molar-refractivity contribution in [3.05, 3.63) is 24.3 Å². The highest BCUT2D eigenvalue weighted by atomic mass is 16.7. The molecular weight excluding hydrogens is 328 g/mol. The zero-order valence-electron chi connectivity index (χ0n) is 12.2. The average Bonchev–Trinajstić information content (AvgIpc) is 3.07. The second-order valence-corrected chi connectivity index (χ2v) is 4.89. The number of ether oxygens (including phenoxy) is 4. The van der Waals surface area contributed by atoms with Gasteiger partial charge in [-0.15, -0.1) is 0 Å². The van der Waals surface area contributed by atoms with Crippen LogP contribution in [0.25, 0.3) is 0 Å². The van der Waals surface area contributed by atoms with Crippen LogP contribution in [0.15, 0.2) is 24.3 Å². The summed E-state index contributed by atoms with van der Waals surface area (Å²) in [7, 11) is 0. The molecule has 24 heavy (non-hydrogen) atoms. The Morgan fingerprint density at radius 3 is 1.46 bits per heavy atom. The van der Waals surface area contributed by atoms with E-state index in [0.29, 0.717) is 12.2 Å². The van der Waals surface area contributed by atoms with E-state index in [2.05, 4.69) is 0 Å². The Morgan fingerprint density at radius 1 is 0.750 bits per heavy atom. The van der Waals surface area contributed by atoms with Gasteiger partial charge >= 0.3 is 23.9 Å². The third-order valence-electron chi connectivity index (χ3n) is 3.22. The van der Waals surface area contributed by atoms with Crippen LogP contribution in [-0.2, 0) is 38.1 Å². The van der Waals surface area contributed by atoms with Gasteiger partial charge in [-0.3, -0.25) is 0 Å². The third-order valence-corrected chi connectivity index (χ3v) is 3.22. The number of hydrogen-bond acceptors (Lipinski definition) is 8. The molecule has 2 heterocycles. The standard InChI is InChI=1S/C14H14O10/c15-9(16)1-3-11(19)23-7-5-21-14-8(6-22-13(7)14)24-12(20)4-2-10(17)18/h1-4,7-8,13-14H,5-6H2,(H,15,16)(H,17,18)/b3-1+,4-2+/t7-,8-,13-,14-/m1/s1. The Hall–Kier alpha value is -2.72. The smallest absolute Gasteiger partial charge is 0.331 e. The molecule has 0 saturated carbocycles. The molecule has 0 aromatic heterocycles. The second-order valence-electron chi connectivity index (χ2n) is 4.89. The molecule has 0 amide bonds. The van der Waals surface area contributed by atoms with Gasteiger partial charge in [-0.1, -0.05) is 0 Å². The molecule has 10 nitrogen and oxygen atoms in total. The van der Waals surface area contributed by atoms with Crippen molar-refractivity contribution in [3.8, 4) is 0 Å². The molecule has 0 aliphatic carbocycles. The monoisotopic (exact) mass is 342 g/mol. The van der Waals surface area contributed by atoms with Crippen molar-refractivity contribution in [1.29, 1.82) is 0 Å².